The average Bonchev–Trinajstić information content (AvgIpc) is 3.29. The van der Waals surface area contributed by atoms with Gasteiger partial charge in [0.05, 0.1) is 10.6 Å². The molecular weight excluding hydrogens is 444 g/mol. The second-order valence-corrected chi connectivity index (χ2v) is 9.25. The molecule has 0 saturated carbocycles. The number of thioether (sulfide) groups is 1. The van der Waals surface area contributed by atoms with Crippen LogP contribution in [0, 0.1) is 6.92 Å². The maximum atomic E-state index is 12.9. The molecule has 1 amide bonds. The minimum atomic E-state index is 0.0139. The lowest BCUT2D eigenvalue weighted by molar-refractivity contribution is 0.0635. The molecule has 0 unspecified atom stereocenters. The van der Waals surface area contributed by atoms with Crippen LogP contribution in [0.15, 0.2) is 51.9 Å². The van der Waals surface area contributed by atoms with E-state index in [-0.39, 0.29) is 5.91 Å². The van der Waals surface area contributed by atoms with Gasteiger partial charge in [-0.2, -0.15) is 4.98 Å². The lowest BCUT2D eigenvalue weighted by Crippen LogP contribution is -2.49. The lowest BCUT2D eigenvalue weighted by Gasteiger charge is -2.34. The van der Waals surface area contributed by atoms with Crippen molar-refractivity contribution in [2.75, 3.05) is 39.0 Å². The largest absolute Gasteiger partial charge is 0.339 e. The van der Waals surface area contributed by atoms with E-state index in [0.717, 1.165) is 42.9 Å². The normalized spacial score (nSPS) is 14.7. The number of halogens is 1. The predicted molar refractivity (Wildman–Crippen MR) is 128 cm³/mol. The first-order valence-corrected chi connectivity index (χ1v) is 12.4. The van der Waals surface area contributed by atoms with Gasteiger partial charge in [0.2, 0.25) is 11.7 Å². The third-order valence-corrected chi connectivity index (χ3v) is 6.76. The highest BCUT2D eigenvalue weighted by atomic mass is 35.5. The summed E-state index contributed by atoms with van der Waals surface area (Å²) in [5.74, 6) is 1.31. The van der Waals surface area contributed by atoms with Gasteiger partial charge in [-0.15, -0.1) is 11.8 Å². The zero-order chi connectivity index (χ0) is 22.5. The van der Waals surface area contributed by atoms with Gasteiger partial charge in [-0.25, -0.2) is 0 Å². The molecule has 0 N–H and O–H groups in total. The van der Waals surface area contributed by atoms with Crippen LogP contribution in [-0.2, 0) is 6.42 Å². The van der Waals surface area contributed by atoms with Crippen molar-refractivity contribution in [1.82, 2.24) is 19.9 Å². The molecule has 1 saturated heterocycles. The Balaban J connectivity index is 1.24. The summed E-state index contributed by atoms with van der Waals surface area (Å²) in [7, 11) is 0. The molecule has 1 aliphatic rings. The minimum absolute atomic E-state index is 0.0139. The first kappa shape index (κ1) is 22.8. The van der Waals surface area contributed by atoms with Gasteiger partial charge in [0.25, 0.3) is 5.91 Å². The van der Waals surface area contributed by atoms with Crippen molar-refractivity contribution in [3.63, 3.8) is 0 Å². The zero-order valence-electron chi connectivity index (χ0n) is 18.4. The maximum Gasteiger partial charge on any atom is 0.255 e. The van der Waals surface area contributed by atoms with Gasteiger partial charge in [0.1, 0.15) is 0 Å². The van der Waals surface area contributed by atoms with Crippen molar-refractivity contribution in [3.8, 4) is 11.4 Å². The fourth-order valence-corrected chi connectivity index (χ4v) is 4.41. The van der Waals surface area contributed by atoms with Crippen molar-refractivity contribution in [2.24, 2.45) is 0 Å². The Kier molecular flexibility index (Phi) is 7.50. The number of amides is 1. The van der Waals surface area contributed by atoms with Crippen LogP contribution in [0.4, 0.5) is 0 Å². The summed E-state index contributed by atoms with van der Waals surface area (Å²) >= 11 is 7.89. The number of carbonyl (C=O) groups is 1. The molecule has 168 valence electrons. The topological polar surface area (TPSA) is 62.5 Å². The third-order valence-electron chi connectivity index (χ3n) is 5.71. The van der Waals surface area contributed by atoms with Gasteiger partial charge < -0.3 is 9.42 Å². The number of piperazine rings is 1. The number of aromatic nitrogens is 2. The van der Waals surface area contributed by atoms with Crippen LogP contribution in [0.5, 0.6) is 0 Å². The van der Waals surface area contributed by atoms with Gasteiger partial charge in [-0.1, -0.05) is 46.6 Å². The van der Waals surface area contributed by atoms with Crippen molar-refractivity contribution in [1.29, 1.82) is 0 Å². The Morgan fingerprint density at radius 2 is 1.88 bits per heavy atom. The molecule has 0 bridgehead atoms. The summed E-state index contributed by atoms with van der Waals surface area (Å²) in [6.07, 6.45) is 3.67. The van der Waals surface area contributed by atoms with E-state index in [4.69, 9.17) is 16.1 Å². The van der Waals surface area contributed by atoms with Crippen molar-refractivity contribution >= 4 is 29.3 Å². The molecule has 32 heavy (non-hydrogen) atoms. The molecule has 1 fully saturated rings. The van der Waals surface area contributed by atoms with Crippen LogP contribution in [0.1, 0.15) is 28.2 Å². The first-order chi connectivity index (χ1) is 15.5. The molecule has 2 aromatic carbocycles. The molecule has 8 heteroatoms. The minimum Gasteiger partial charge on any atom is -0.339 e. The summed E-state index contributed by atoms with van der Waals surface area (Å²) in [5.41, 5.74) is 2.76. The molecule has 0 radical (unpaired) electrons. The third kappa shape index (κ3) is 5.52. The number of nitrogens with zero attached hydrogens (tertiary/aromatic N) is 4. The average molecular weight is 471 g/mol. The number of benzene rings is 2. The summed E-state index contributed by atoms with van der Waals surface area (Å²) in [5, 5.41) is 4.62. The van der Waals surface area contributed by atoms with Crippen molar-refractivity contribution < 1.29 is 9.32 Å². The Hall–Kier alpha value is -2.35. The molecule has 0 spiro atoms. The van der Waals surface area contributed by atoms with Crippen LogP contribution >= 0.6 is 23.4 Å². The van der Waals surface area contributed by atoms with Gasteiger partial charge in [-0.3, -0.25) is 9.69 Å². The number of hydrogen-bond acceptors (Lipinski definition) is 6. The molecule has 2 heterocycles. The fraction of sp³-hybridized carbons (Fsp3) is 0.375. The van der Waals surface area contributed by atoms with Crippen LogP contribution in [-0.4, -0.2) is 64.8 Å². The van der Waals surface area contributed by atoms with Gasteiger partial charge in [0, 0.05) is 43.1 Å². The Morgan fingerprint density at radius 3 is 2.59 bits per heavy atom. The van der Waals surface area contributed by atoms with E-state index in [0.29, 0.717) is 35.4 Å². The first-order valence-electron chi connectivity index (χ1n) is 10.8. The van der Waals surface area contributed by atoms with Crippen LogP contribution in [0.3, 0.4) is 0 Å². The van der Waals surface area contributed by atoms with Crippen LogP contribution in [0.25, 0.3) is 11.4 Å². The molecule has 1 aliphatic heterocycles. The van der Waals surface area contributed by atoms with E-state index in [9.17, 15) is 4.79 Å². The molecule has 4 rings (SSSR count). The smallest absolute Gasteiger partial charge is 0.255 e. The van der Waals surface area contributed by atoms with E-state index in [1.54, 1.807) is 17.8 Å². The van der Waals surface area contributed by atoms with E-state index in [1.807, 2.05) is 47.6 Å². The SMILES string of the molecule is CSc1ccc(Cl)c(C(=O)N2CCN(CCCc3nc(-c4ccc(C)cc4)no3)CC2)c1. The van der Waals surface area contributed by atoms with E-state index >= 15 is 0 Å². The number of hydrogen-bond donors (Lipinski definition) is 0. The van der Waals surface area contributed by atoms with E-state index in [2.05, 4.69) is 22.0 Å². The summed E-state index contributed by atoms with van der Waals surface area (Å²) in [6, 6.07) is 13.7. The van der Waals surface area contributed by atoms with Gasteiger partial charge in [0.15, 0.2) is 0 Å². The number of aryl methyl sites for hydroxylation is 2. The van der Waals surface area contributed by atoms with E-state index < -0.39 is 0 Å². The summed E-state index contributed by atoms with van der Waals surface area (Å²) in [4.78, 5) is 22.8. The van der Waals surface area contributed by atoms with Crippen LogP contribution < -0.4 is 0 Å². The number of carbonyl (C=O) groups excluding carboxylic acids is 1. The van der Waals surface area contributed by atoms with Crippen molar-refractivity contribution in [2.45, 2.75) is 24.7 Å². The molecule has 6 nitrogen and oxygen atoms in total. The molecule has 0 atom stereocenters. The maximum absolute atomic E-state index is 12.9. The molecule has 1 aromatic heterocycles. The quantitative estimate of drug-likeness (QED) is 0.462. The summed E-state index contributed by atoms with van der Waals surface area (Å²) in [6.45, 7) is 6.11. The highest BCUT2D eigenvalue weighted by Crippen LogP contribution is 2.25. The fourth-order valence-electron chi connectivity index (χ4n) is 3.77. The second kappa shape index (κ2) is 10.5. The van der Waals surface area contributed by atoms with Crippen LogP contribution in [0.2, 0.25) is 5.02 Å². The monoisotopic (exact) mass is 470 g/mol. The van der Waals surface area contributed by atoms with Crippen molar-refractivity contribution in [3.05, 3.63) is 64.5 Å². The highest BCUT2D eigenvalue weighted by Gasteiger charge is 2.23. The standard InChI is InChI=1S/C24H27ClN4O2S/c1-17-5-7-18(8-6-17)23-26-22(31-27-23)4-3-11-28-12-14-29(15-13-28)24(30)20-16-19(32-2)9-10-21(20)25/h5-10,16H,3-4,11-15H2,1-2H3. The molecular formula is C24H27ClN4O2S. The molecule has 0 aliphatic carbocycles. The zero-order valence-corrected chi connectivity index (χ0v) is 20.0. The Labute approximate surface area is 197 Å². The van der Waals surface area contributed by atoms with E-state index in [1.165, 1.54) is 5.56 Å². The van der Waals surface area contributed by atoms with Gasteiger partial charge in [-0.05, 0) is 44.3 Å². The van der Waals surface area contributed by atoms with Gasteiger partial charge >= 0.3 is 0 Å². The molecule has 3 aromatic rings. The Morgan fingerprint density at radius 1 is 1.12 bits per heavy atom. The lowest BCUT2D eigenvalue weighted by atomic mass is 10.1. The Bertz CT molecular complexity index is 1060. The second-order valence-electron chi connectivity index (χ2n) is 7.96. The predicted octanol–water partition coefficient (Wildman–Crippen LogP) is 4.81. The summed E-state index contributed by atoms with van der Waals surface area (Å²) < 4.78 is 5.42. The highest BCUT2D eigenvalue weighted by molar-refractivity contribution is 7.98. The number of rotatable bonds is 7.